The number of benzene rings is 3. The summed E-state index contributed by atoms with van der Waals surface area (Å²) in [6.45, 7) is 0. The van der Waals surface area contributed by atoms with Crippen molar-refractivity contribution in [1.29, 1.82) is 0 Å². The predicted molar refractivity (Wildman–Crippen MR) is 88.4 cm³/mol. The first-order chi connectivity index (χ1) is 9.45. The number of hydrogen-bond donors (Lipinski definition) is 0. The Labute approximate surface area is 122 Å². The van der Waals surface area contributed by atoms with E-state index in [-0.39, 0.29) is 7.43 Å². The van der Waals surface area contributed by atoms with Crippen LogP contribution in [-0.2, 0) is 0 Å². The third-order valence-electron chi connectivity index (χ3n) is 3.04. The maximum absolute atomic E-state index is 2.23. The van der Waals surface area contributed by atoms with Gasteiger partial charge in [0.1, 0.15) is 0 Å². The zero-order chi connectivity index (χ0) is 12.9. The molecule has 4 radical (unpaired) electrons. The van der Waals surface area contributed by atoms with E-state index in [4.69, 9.17) is 0 Å². The molecule has 0 saturated heterocycles. The molecule has 0 fully saturated rings. The van der Waals surface area contributed by atoms with Gasteiger partial charge in [0.05, 0.1) is 0 Å². The Balaban J connectivity index is 0.00000147. The lowest BCUT2D eigenvalue weighted by molar-refractivity contribution is 1.74. The van der Waals surface area contributed by atoms with Crippen LogP contribution < -0.4 is 15.9 Å². The Morgan fingerprint density at radius 1 is 0.400 bits per heavy atom. The van der Waals surface area contributed by atoms with Crippen LogP contribution in [0.15, 0.2) is 91.0 Å². The summed E-state index contributed by atoms with van der Waals surface area (Å²) >= 11 is 0. The normalized spacial score (nSPS) is 10.1. The second kappa shape index (κ2) is 7.03. The lowest BCUT2D eigenvalue weighted by Gasteiger charge is -2.18. The smallest absolute Gasteiger partial charge is 0 e. The van der Waals surface area contributed by atoms with Gasteiger partial charge in [-0.15, -0.1) is 0 Å². The molecule has 0 aliphatic heterocycles. The molecule has 0 N–H and O–H groups in total. The number of hydrogen-bond acceptors (Lipinski definition) is 0. The fourth-order valence-electron chi connectivity index (χ4n) is 2.18. The fourth-order valence-corrected chi connectivity index (χ4v) is 4.48. The van der Waals surface area contributed by atoms with Crippen LogP contribution in [0.3, 0.4) is 0 Å². The highest BCUT2D eigenvalue weighted by atomic mass is 31.1. The molecule has 0 amide bonds. The maximum Gasteiger partial charge on any atom is 0 e. The molecule has 0 aromatic heterocycles. The molecule has 0 bridgehead atoms. The van der Waals surface area contributed by atoms with Crippen LogP contribution in [0.25, 0.3) is 0 Å². The van der Waals surface area contributed by atoms with Crippen LogP contribution in [0.2, 0.25) is 0 Å². The van der Waals surface area contributed by atoms with Gasteiger partial charge in [0.2, 0.25) is 0 Å². The van der Waals surface area contributed by atoms with Gasteiger partial charge in [-0.2, -0.15) is 0 Å². The average Bonchev–Trinajstić information content (AvgIpc) is 2.51. The zero-order valence-electron chi connectivity index (χ0n) is 11.1. The van der Waals surface area contributed by atoms with Crippen molar-refractivity contribution in [3.05, 3.63) is 98.4 Å². The SMILES string of the molecule is [C].c1ccc(P(c2ccccc2)c2ccccc2)cc1. The quantitative estimate of drug-likeness (QED) is 0.641. The second-order valence-electron chi connectivity index (χ2n) is 4.34. The molecule has 0 saturated carbocycles. The van der Waals surface area contributed by atoms with Crippen molar-refractivity contribution in [3.8, 4) is 0 Å². The zero-order valence-corrected chi connectivity index (χ0v) is 12.0. The van der Waals surface area contributed by atoms with Crippen molar-refractivity contribution in [2.45, 2.75) is 0 Å². The Hall–Kier alpha value is -1.91. The minimum atomic E-state index is -0.446. The van der Waals surface area contributed by atoms with Crippen molar-refractivity contribution < 1.29 is 0 Å². The van der Waals surface area contributed by atoms with Crippen LogP contribution in [0.1, 0.15) is 0 Å². The Morgan fingerprint density at radius 2 is 0.650 bits per heavy atom. The third kappa shape index (κ3) is 3.15. The molecular formula is C19H15P. The van der Waals surface area contributed by atoms with E-state index in [9.17, 15) is 0 Å². The standard InChI is InChI=1S/C18H15P.C/c1-4-10-16(11-5-1)19(17-12-6-2-7-13-17)18-14-8-3-9-15-18;/h1-15H;. The lowest BCUT2D eigenvalue weighted by atomic mass is 10.4. The highest BCUT2D eigenvalue weighted by molar-refractivity contribution is 7.79. The van der Waals surface area contributed by atoms with E-state index in [0.29, 0.717) is 0 Å². The molecule has 96 valence electrons. The summed E-state index contributed by atoms with van der Waals surface area (Å²) < 4.78 is 0. The van der Waals surface area contributed by atoms with E-state index in [1.165, 1.54) is 15.9 Å². The molecule has 20 heavy (non-hydrogen) atoms. The molecule has 3 aromatic carbocycles. The molecule has 3 rings (SSSR count). The largest absolute Gasteiger partial charge is 0.0622 e. The summed E-state index contributed by atoms with van der Waals surface area (Å²) in [7, 11) is -0.446. The predicted octanol–water partition coefficient (Wildman–Crippen LogP) is 3.53. The van der Waals surface area contributed by atoms with E-state index in [0.717, 1.165) is 0 Å². The molecule has 0 unspecified atom stereocenters. The van der Waals surface area contributed by atoms with E-state index in [2.05, 4.69) is 91.0 Å². The summed E-state index contributed by atoms with van der Waals surface area (Å²) in [5, 5.41) is 4.19. The topological polar surface area (TPSA) is 0 Å². The fraction of sp³-hybridized carbons (Fsp3) is 0. The van der Waals surface area contributed by atoms with Crippen LogP contribution >= 0.6 is 7.92 Å². The summed E-state index contributed by atoms with van der Waals surface area (Å²) in [5.41, 5.74) is 0. The summed E-state index contributed by atoms with van der Waals surface area (Å²) in [6.07, 6.45) is 0. The van der Waals surface area contributed by atoms with Crippen LogP contribution in [0.5, 0.6) is 0 Å². The third-order valence-corrected chi connectivity index (χ3v) is 5.49. The van der Waals surface area contributed by atoms with Crippen LogP contribution in [0.4, 0.5) is 0 Å². The minimum absolute atomic E-state index is 0. The summed E-state index contributed by atoms with van der Waals surface area (Å²) in [5.74, 6) is 0. The van der Waals surface area contributed by atoms with Gasteiger partial charge in [-0.1, -0.05) is 91.0 Å². The summed E-state index contributed by atoms with van der Waals surface area (Å²) in [6, 6.07) is 32.3. The molecule has 0 aliphatic rings. The highest BCUT2D eigenvalue weighted by Gasteiger charge is 2.14. The lowest BCUT2D eigenvalue weighted by Crippen LogP contribution is -2.20. The first-order valence-corrected chi connectivity index (χ1v) is 7.74. The van der Waals surface area contributed by atoms with Gasteiger partial charge < -0.3 is 0 Å². The Kier molecular flexibility index (Phi) is 5.09. The van der Waals surface area contributed by atoms with Gasteiger partial charge in [0.25, 0.3) is 0 Å². The van der Waals surface area contributed by atoms with Gasteiger partial charge in [0.15, 0.2) is 0 Å². The molecule has 1 heteroatoms. The summed E-state index contributed by atoms with van der Waals surface area (Å²) in [4.78, 5) is 0. The Morgan fingerprint density at radius 3 is 0.900 bits per heavy atom. The molecule has 0 aliphatic carbocycles. The van der Waals surface area contributed by atoms with Gasteiger partial charge in [-0.05, 0) is 23.8 Å². The van der Waals surface area contributed by atoms with Crippen molar-refractivity contribution in [2.24, 2.45) is 0 Å². The Bertz CT molecular complexity index is 524. The minimum Gasteiger partial charge on any atom is -0.0622 e. The monoisotopic (exact) mass is 274 g/mol. The van der Waals surface area contributed by atoms with E-state index < -0.39 is 7.92 Å². The van der Waals surface area contributed by atoms with Crippen molar-refractivity contribution >= 4 is 23.8 Å². The molecule has 0 atom stereocenters. The van der Waals surface area contributed by atoms with Gasteiger partial charge in [-0.25, -0.2) is 0 Å². The van der Waals surface area contributed by atoms with Crippen LogP contribution in [-0.4, -0.2) is 0 Å². The van der Waals surface area contributed by atoms with Gasteiger partial charge in [0, 0.05) is 7.43 Å². The van der Waals surface area contributed by atoms with E-state index in [1.54, 1.807) is 0 Å². The highest BCUT2D eigenvalue weighted by Crippen LogP contribution is 2.32. The van der Waals surface area contributed by atoms with Crippen molar-refractivity contribution in [3.63, 3.8) is 0 Å². The first-order valence-electron chi connectivity index (χ1n) is 6.40. The molecule has 0 spiro atoms. The van der Waals surface area contributed by atoms with Gasteiger partial charge in [-0.3, -0.25) is 0 Å². The maximum atomic E-state index is 2.23. The van der Waals surface area contributed by atoms with Crippen molar-refractivity contribution in [2.75, 3.05) is 0 Å². The van der Waals surface area contributed by atoms with Gasteiger partial charge >= 0.3 is 0 Å². The molecule has 0 nitrogen and oxygen atoms in total. The number of rotatable bonds is 3. The van der Waals surface area contributed by atoms with Crippen molar-refractivity contribution in [1.82, 2.24) is 0 Å². The first kappa shape index (κ1) is 14.5. The molecule has 0 heterocycles. The molecular weight excluding hydrogens is 259 g/mol. The average molecular weight is 274 g/mol. The molecule has 3 aromatic rings. The van der Waals surface area contributed by atoms with E-state index >= 15 is 0 Å². The van der Waals surface area contributed by atoms with Crippen LogP contribution in [0, 0.1) is 7.43 Å². The van der Waals surface area contributed by atoms with E-state index in [1.807, 2.05) is 0 Å². The second-order valence-corrected chi connectivity index (χ2v) is 6.56.